The second kappa shape index (κ2) is 9.75. The van der Waals surface area contributed by atoms with Crippen molar-refractivity contribution in [2.24, 2.45) is 0 Å². The topological polar surface area (TPSA) is 61.4 Å². The van der Waals surface area contributed by atoms with Gasteiger partial charge in [0.1, 0.15) is 11.6 Å². The van der Waals surface area contributed by atoms with Crippen molar-refractivity contribution >= 4 is 28.8 Å². The Morgan fingerprint density at radius 2 is 1.82 bits per heavy atom. The van der Waals surface area contributed by atoms with E-state index in [1.807, 2.05) is 16.8 Å². The van der Waals surface area contributed by atoms with Gasteiger partial charge in [-0.25, -0.2) is 8.78 Å². The fraction of sp³-hybridized carbons (Fsp3) is 0.400. The van der Waals surface area contributed by atoms with E-state index in [-0.39, 0.29) is 18.3 Å². The normalized spacial score (nSPS) is 16.2. The number of hydrogen-bond donors (Lipinski definition) is 2. The summed E-state index contributed by atoms with van der Waals surface area (Å²) in [5, 5.41) is 8.79. The Hall–Kier alpha value is -2.32. The van der Waals surface area contributed by atoms with E-state index >= 15 is 0 Å². The van der Waals surface area contributed by atoms with Gasteiger partial charge in [-0.15, -0.1) is 0 Å². The highest BCUT2D eigenvalue weighted by Gasteiger charge is 2.24. The zero-order chi connectivity index (χ0) is 19.9. The zero-order valence-corrected chi connectivity index (χ0v) is 16.2. The third-order valence-corrected chi connectivity index (χ3v) is 5.55. The molecule has 1 aliphatic rings. The molecule has 3 rings (SSSR count). The zero-order valence-electron chi connectivity index (χ0n) is 15.4. The van der Waals surface area contributed by atoms with Crippen LogP contribution in [0.3, 0.4) is 0 Å². The number of rotatable bonds is 5. The van der Waals surface area contributed by atoms with E-state index in [1.54, 1.807) is 11.3 Å². The lowest BCUT2D eigenvalue weighted by molar-refractivity contribution is -0.136. The molecule has 1 fully saturated rings. The van der Waals surface area contributed by atoms with Gasteiger partial charge in [0.25, 0.3) is 0 Å². The molecule has 1 aliphatic heterocycles. The van der Waals surface area contributed by atoms with Crippen LogP contribution in [0.2, 0.25) is 0 Å². The number of anilines is 1. The summed E-state index contributed by atoms with van der Waals surface area (Å²) in [5.74, 6) is -3.40. The molecule has 1 atom stereocenters. The van der Waals surface area contributed by atoms with Crippen LogP contribution in [-0.2, 0) is 9.59 Å². The average Bonchev–Trinajstić information content (AvgIpc) is 3.07. The van der Waals surface area contributed by atoms with E-state index in [1.165, 1.54) is 12.8 Å². The largest absolute Gasteiger partial charge is 0.346 e. The van der Waals surface area contributed by atoms with Gasteiger partial charge in [-0.3, -0.25) is 14.5 Å². The predicted molar refractivity (Wildman–Crippen MR) is 105 cm³/mol. The molecule has 2 amide bonds. The SMILES string of the molecule is O=C(NCC(c1ccsc1)N1CCCCCC1)C(=O)Nc1cc(F)ccc1F. The number of thiophene rings is 1. The first-order valence-electron chi connectivity index (χ1n) is 9.35. The van der Waals surface area contributed by atoms with Gasteiger partial charge < -0.3 is 10.6 Å². The maximum absolute atomic E-state index is 13.7. The summed E-state index contributed by atoms with van der Waals surface area (Å²) in [5.41, 5.74) is 0.742. The van der Waals surface area contributed by atoms with E-state index in [0.29, 0.717) is 0 Å². The van der Waals surface area contributed by atoms with E-state index in [9.17, 15) is 18.4 Å². The molecule has 5 nitrogen and oxygen atoms in total. The van der Waals surface area contributed by atoms with Crippen molar-refractivity contribution in [3.05, 3.63) is 52.2 Å². The van der Waals surface area contributed by atoms with Crippen molar-refractivity contribution in [1.82, 2.24) is 10.2 Å². The van der Waals surface area contributed by atoms with Gasteiger partial charge in [-0.2, -0.15) is 11.3 Å². The van der Waals surface area contributed by atoms with Crippen molar-refractivity contribution in [3.8, 4) is 0 Å². The Bertz CT molecular complexity index is 806. The fourth-order valence-electron chi connectivity index (χ4n) is 3.37. The summed E-state index contributed by atoms with van der Waals surface area (Å²) < 4.78 is 26.9. The first-order chi connectivity index (χ1) is 13.5. The number of carbonyl (C=O) groups is 2. The highest BCUT2D eigenvalue weighted by Crippen LogP contribution is 2.25. The predicted octanol–water partition coefficient (Wildman–Crippen LogP) is 3.70. The van der Waals surface area contributed by atoms with E-state index in [0.717, 1.165) is 49.7 Å². The number of hydrogen-bond acceptors (Lipinski definition) is 4. The number of carbonyl (C=O) groups excluding carboxylic acids is 2. The third-order valence-electron chi connectivity index (χ3n) is 4.85. The number of halogens is 2. The van der Waals surface area contributed by atoms with Crippen LogP contribution in [0, 0.1) is 11.6 Å². The van der Waals surface area contributed by atoms with Crippen molar-refractivity contribution in [2.75, 3.05) is 25.0 Å². The summed E-state index contributed by atoms with van der Waals surface area (Å²) in [6.45, 7) is 2.16. The molecule has 2 N–H and O–H groups in total. The van der Waals surface area contributed by atoms with Gasteiger partial charge in [-0.05, 0) is 60.5 Å². The van der Waals surface area contributed by atoms with Gasteiger partial charge in [-0.1, -0.05) is 12.8 Å². The summed E-state index contributed by atoms with van der Waals surface area (Å²) in [6.07, 6.45) is 4.60. The Labute approximate surface area is 166 Å². The molecule has 28 heavy (non-hydrogen) atoms. The van der Waals surface area contributed by atoms with Gasteiger partial charge >= 0.3 is 11.8 Å². The number of benzene rings is 1. The fourth-order valence-corrected chi connectivity index (χ4v) is 4.08. The lowest BCUT2D eigenvalue weighted by Gasteiger charge is -2.30. The molecule has 2 aromatic rings. The van der Waals surface area contributed by atoms with Crippen molar-refractivity contribution in [2.45, 2.75) is 31.7 Å². The molecule has 0 radical (unpaired) electrons. The highest BCUT2D eigenvalue weighted by atomic mass is 32.1. The standard InChI is InChI=1S/C20H23F2N3O2S/c21-15-5-6-16(22)17(11-15)24-20(27)19(26)23-12-18(14-7-10-28-13-14)25-8-3-1-2-4-9-25/h5-7,10-11,13,18H,1-4,8-9,12H2,(H,23,26)(H,24,27). The molecule has 1 unspecified atom stereocenters. The van der Waals surface area contributed by atoms with Crippen LogP contribution in [0.5, 0.6) is 0 Å². The summed E-state index contributed by atoms with van der Waals surface area (Å²) in [6, 6.07) is 4.68. The maximum Gasteiger partial charge on any atom is 0.313 e. The molecule has 8 heteroatoms. The number of nitrogens with zero attached hydrogens (tertiary/aromatic N) is 1. The first-order valence-corrected chi connectivity index (χ1v) is 10.3. The lowest BCUT2D eigenvalue weighted by Crippen LogP contribution is -2.42. The molecule has 2 heterocycles. The van der Waals surface area contributed by atoms with Crippen molar-refractivity contribution in [1.29, 1.82) is 0 Å². The van der Waals surface area contributed by atoms with E-state index in [4.69, 9.17) is 0 Å². The van der Waals surface area contributed by atoms with Crippen molar-refractivity contribution in [3.63, 3.8) is 0 Å². The molecule has 0 spiro atoms. The van der Waals surface area contributed by atoms with Gasteiger partial charge in [0.15, 0.2) is 0 Å². The molecular formula is C20H23F2N3O2S. The maximum atomic E-state index is 13.7. The number of amides is 2. The number of nitrogens with one attached hydrogen (secondary N) is 2. The Morgan fingerprint density at radius 3 is 2.50 bits per heavy atom. The summed E-state index contributed by atoms with van der Waals surface area (Å²) in [4.78, 5) is 26.6. The molecular weight excluding hydrogens is 384 g/mol. The van der Waals surface area contributed by atoms with Gasteiger partial charge in [0, 0.05) is 12.6 Å². The summed E-state index contributed by atoms with van der Waals surface area (Å²) >= 11 is 1.59. The molecule has 1 aromatic carbocycles. The minimum atomic E-state index is -1.02. The monoisotopic (exact) mass is 407 g/mol. The minimum absolute atomic E-state index is 0.0213. The van der Waals surface area contributed by atoms with Crippen LogP contribution >= 0.6 is 11.3 Å². The van der Waals surface area contributed by atoms with Crippen LogP contribution in [-0.4, -0.2) is 36.3 Å². The van der Waals surface area contributed by atoms with E-state index < -0.39 is 23.4 Å². The molecule has 0 bridgehead atoms. The van der Waals surface area contributed by atoms with Crippen LogP contribution in [0.15, 0.2) is 35.0 Å². The molecule has 1 aromatic heterocycles. The quantitative estimate of drug-likeness (QED) is 0.743. The summed E-state index contributed by atoms with van der Waals surface area (Å²) in [7, 11) is 0. The molecule has 150 valence electrons. The van der Waals surface area contributed by atoms with Gasteiger partial charge in [0.2, 0.25) is 0 Å². The minimum Gasteiger partial charge on any atom is -0.346 e. The Morgan fingerprint density at radius 1 is 1.07 bits per heavy atom. The smallest absolute Gasteiger partial charge is 0.313 e. The Kier molecular flexibility index (Phi) is 7.11. The number of likely N-dealkylation sites (tertiary alicyclic amines) is 1. The van der Waals surface area contributed by atoms with Crippen molar-refractivity contribution < 1.29 is 18.4 Å². The third kappa shape index (κ3) is 5.36. The van der Waals surface area contributed by atoms with Crippen LogP contribution < -0.4 is 10.6 Å². The lowest BCUT2D eigenvalue weighted by atomic mass is 10.1. The first kappa shape index (κ1) is 20.4. The highest BCUT2D eigenvalue weighted by molar-refractivity contribution is 7.08. The average molecular weight is 407 g/mol. The van der Waals surface area contributed by atoms with Gasteiger partial charge in [0.05, 0.1) is 11.7 Å². The molecule has 1 saturated heterocycles. The molecule has 0 aliphatic carbocycles. The second-order valence-corrected chi connectivity index (χ2v) is 7.59. The Balaban J connectivity index is 1.62. The second-order valence-electron chi connectivity index (χ2n) is 6.81. The van der Waals surface area contributed by atoms with Crippen LogP contribution in [0.25, 0.3) is 0 Å². The molecule has 0 saturated carbocycles. The van der Waals surface area contributed by atoms with Crippen LogP contribution in [0.4, 0.5) is 14.5 Å². The van der Waals surface area contributed by atoms with Crippen LogP contribution in [0.1, 0.15) is 37.3 Å². The van der Waals surface area contributed by atoms with E-state index in [2.05, 4.69) is 15.5 Å².